The molecule has 3 N–H and O–H groups in total. The van der Waals surface area contributed by atoms with Gasteiger partial charge in [-0.15, -0.1) is 12.6 Å². The summed E-state index contributed by atoms with van der Waals surface area (Å²) in [5.41, 5.74) is 4.81. The van der Waals surface area contributed by atoms with Crippen molar-refractivity contribution in [3.8, 4) is 0 Å². The first kappa shape index (κ1) is 8.43. The van der Waals surface area contributed by atoms with Gasteiger partial charge >= 0.3 is 0 Å². The van der Waals surface area contributed by atoms with Crippen molar-refractivity contribution in [2.45, 2.75) is 18.2 Å². The average molecular weight is 168 g/mol. The number of anilines is 1. The Hall–Kier alpha value is -0.670. The van der Waals surface area contributed by atoms with Gasteiger partial charge in [-0.1, -0.05) is 13.0 Å². The van der Waals surface area contributed by atoms with Crippen molar-refractivity contribution in [1.82, 2.24) is 0 Å². The summed E-state index contributed by atoms with van der Waals surface area (Å²) >= 11 is 4.20. The number of aryl methyl sites for hydroxylation is 1. The van der Waals surface area contributed by atoms with Crippen molar-refractivity contribution in [3.63, 3.8) is 0 Å². The minimum atomic E-state index is 0.926. The standard InChI is InChI=1S/C8H12N2S/c1-2-6-3-4-7(11)5-8(6)10-9/h3-5,10-11H,2,9H2,1H3. The van der Waals surface area contributed by atoms with Gasteiger partial charge in [-0.3, -0.25) is 5.84 Å². The predicted molar refractivity (Wildman–Crippen MR) is 50.9 cm³/mol. The number of nitrogen functional groups attached to an aromatic ring is 1. The zero-order valence-corrected chi connectivity index (χ0v) is 7.36. The summed E-state index contributed by atoms with van der Waals surface area (Å²) < 4.78 is 0. The van der Waals surface area contributed by atoms with Gasteiger partial charge in [-0.25, -0.2) is 0 Å². The molecule has 0 aromatic heterocycles. The molecule has 1 aromatic carbocycles. The summed E-state index contributed by atoms with van der Waals surface area (Å²) in [5, 5.41) is 0. The van der Waals surface area contributed by atoms with Crippen LogP contribution in [-0.4, -0.2) is 0 Å². The van der Waals surface area contributed by atoms with Gasteiger partial charge in [0.25, 0.3) is 0 Å². The van der Waals surface area contributed by atoms with Crippen molar-refractivity contribution in [2.75, 3.05) is 5.43 Å². The zero-order chi connectivity index (χ0) is 8.27. The van der Waals surface area contributed by atoms with E-state index in [9.17, 15) is 0 Å². The third kappa shape index (κ3) is 1.88. The SMILES string of the molecule is CCc1ccc(S)cc1NN. The lowest BCUT2D eigenvalue weighted by molar-refractivity contribution is 1.12. The number of benzene rings is 1. The van der Waals surface area contributed by atoms with E-state index in [2.05, 4.69) is 25.0 Å². The molecule has 0 heterocycles. The normalized spacial score (nSPS) is 9.73. The smallest absolute Gasteiger partial charge is 0.0528 e. The van der Waals surface area contributed by atoms with Crippen LogP contribution in [0.25, 0.3) is 0 Å². The molecule has 1 aromatic rings. The molecule has 11 heavy (non-hydrogen) atoms. The van der Waals surface area contributed by atoms with E-state index in [1.54, 1.807) is 0 Å². The molecule has 2 nitrogen and oxygen atoms in total. The van der Waals surface area contributed by atoms with Crippen LogP contribution in [0.3, 0.4) is 0 Å². The number of hydrazine groups is 1. The average Bonchev–Trinajstić information content (AvgIpc) is 2.04. The molecule has 0 saturated heterocycles. The monoisotopic (exact) mass is 168 g/mol. The fraction of sp³-hybridized carbons (Fsp3) is 0.250. The van der Waals surface area contributed by atoms with E-state index in [4.69, 9.17) is 5.84 Å². The molecule has 0 bridgehead atoms. The van der Waals surface area contributed by atoms with Gasteiger partial charge in [0.1, 0.15) is 0 Å². The van der Waals surface area contributed by atoms with Crippen LogP contribution >= 0.6 is 12.6 Å². The second kappa shape index (κ2) is 3.64. The fourth-order valence-corrected chi connectivity index (χ4v) is 1.21. The molecular formula is C8H12N2S. The number of nitrogens with one attached hydrogen (secondary N) is 1. The molecule has 3 heteroatoms. The van der Waals surface area contributed by atoms with Crippen LogP contribution in [0.5, 0.6) is 0 Å². The lowest BCUT2D eigenvalue weighted by Gasteiger charge is -2.06. The first-order chi connectivity index (χ1) is 5.27. The molecule has 0 spiro atoms. The third-order valence-electron chi connectivity index (χ3n) is 1.63. The minimum absolute atomic E-state index is 0.926. The Morgan fingerprint density at radius 2 is 2.27 bits per heavy atom. The second-order valence-electron chi connectivity index (χ2n) is 2.34. The second-order valence-corrected chi connectivity index (χ2v) is 2.86. The number of thiol groups is 1. The maximum atomic E-state index is 5.31. The van der Waals surface area contributed by atoms with Gasteiger partial charge in [0.2, 0.25) is 0 Å². The molecule has 0 amide bonds. The number of hydrogen-bond acceptors (Lipinski definition) is 3. The van der Waals surface area contributed by atoms with Crippen LogP contribution in [0.1, 0.15) is 12.5 Å². The van der Waals surface area contributed by atoms with E-state index in [0.29, 0.717) is 0 Å². The lowest BCUT2D eigenvalue weighted by Crippen LogP contribution is -2.08. The molecule has 0 atom stereocenters. The number of rotatable bonds is 2. The molecule has 0 unspecified atom stereocenters. The Bertz CT molecular complexity index is 248. The summed E-state index contributed by atoms with van der Waals surface area (Å²) in [6, 6.07) is 5.91. The van der Waals surface area contributed by atoms with Crippen LogP contribution < -0.4 is 11.3 Å². The highest BCUT2D eigenvalue weighted by Gasteiger charge is 1.97. The summed E-state index contributed by atoms with van der Waals surface area (Å²) in [6.45, 7) is 2.09. The van der Waals surface area contributed by atoms with E-state index in [1.807, 2.05) is 18.2 Å². The Morgan fingerprint density at radius 3 is 2.82 bits per heavy atom. The Labute approximate surface area is 72.2 Å². The highest BCUT2D eigenvalue weighted by Crippen LogP contribution is 2.18. The van der Waals surface area contributed by atoms with Gasteiger partial charge in [0.05, 0.1) is 5.69 Å². The van der Waals surface area contributed by atoms with Gasteiger partial charge < -0.3 is 5.43 Å². The summed E-state index contributed by atoms with van der Waals surface area (Å²) in [7, 11) is 0. The Morgan fingerprint density at radius 1 is 1.55 bits per heavy atom. The van der Waals surface area contributed by atoms with Crippen LogP contribution in [0.4, 0.5) is 5.69 Å². The quantitative estimate of drug-likeness (QED) is 0.358. The first-order valence-corrected chi connectivity index (χ1v) is 4.01. The largest absolute Gasteiger partial charge is 0.324 e. The van der Waals surface area contributed by atoms with Crippen molar-refractivity contribution < 1.29 is 0 Å². The van der Waals surface area contributed by atoms with E-state index in [1.165, 1.54) is 5.56 Å². The highest BCUT2D eigenvalue weighted by atomic mass is 32.1. The molecule has 0 aliphatic carbocycles. The van der Waals surface area contributed by atoms with Crippen molar-refractivity contribution in [3.05, 3.63) is 23.8 Å². The van der Waals surface area contributed by atoms with Crippen LogP contribution in [0.2, 0.25) is 0 Å². The number of hydrogen-bond donors (Lipinski definition) is 3. The van der Waals surface area contributed by atoms with Crippen molar-refractivity contribution in [2.24, 2.45) is 5.84 Å². The Kier molecular flexibility index (Phi) is 2.79. The predicted octanol–water partition coefficient (Wildman–Crippen LogP) is 1.82. The zero-order valence-electron chi connectivity index (χ0n) is 6.46. The first-order valence-electron chi connectivity index (χ1n) is 3.56. The van der Waals surface area contributed by atoms with E-state index >= 15 is 0 Å². The van der Waals surface area contributed by atoms with Crippen LogP contribution in [0, 0.1) is 0 Å². The molecule has 1 rings (SSSR count). The third-order valence-corrected chi connectivity index (χ3v) is 1.91. The van der Waals surface area contributed by atoms with Crippen molar-refractivity contribution in [1.29, 1.82) is 0 Å². The number of nitrogens with two attached hydrogens (primary N) is 1. The highest BCUT2D eigenvalue weighted by molar-refractivity contribution is 7.80. The summed E-state index contributed by atoms with van der Waals surface area (Å²) in [5.74, 6) is 5.31. The molecule has 0 radical (unpaired) electrons. The topological polar surface area (TPSA) is 38.0 Å². The van der Waals surface area contributed by atoms with Crippen LogP contribution in [0.15, 0.2) is 23.1 Å². The van der Waals surface area contributed by atoms with Crippen molar-refractivity contribution >= 4 is 18.3 Å². The van der Waals surface area contributed by atoms with Gasteiger partial charge in [0.15, 0.2) is 0 Å². The maximum absolute atomic E-state index is 5.31. The minimum Gasteiger partial charge on any atom is -0.324 e. The Balaban J connectivity index is 3.06. The van der Waals surface area contributed by atoms with E-state index in [-0.39, 0.29) is 0 Å². The molecular weight excluding hydrogens is 156 g/mol. The molecule has 0 aliphatic rings. The maximum Gasteiger partial charge on any atom is 0.0528 e. The molecule has 0 aliphatic heterocycles. The molecule has 0 fully saturated rings. The molecule has 60 valence electrons. The van der Waals surface area contributed by atoms with Crippen LogP contribution in [-0.2, 0) is 6.42 Å². The lowest BCUT2D eigenvalue weighted by atomic mass is 10.1. The summed E-state index contributed by atoms with van der Waals surface area (Å²) in [6.07, 6.45) is 0.980. The molecule has 0 saturated carbocycles. The van der Waals surface area contributed by atoms with E-state index in [0.717, 1.165) is 17.0 Å². The van der Waals surface area contributed by atoms with Gasteiger partial charge in [-0.05, 0) is 24.1 Å². The van der Waals surface area contributed by atoms with Gasteiger partial charge in [-0.2, -0.15) is 0 Å². The van der Waals surface area contributed by atoms with Gasteiger partial charge in [0, 0.05) is 4.90 Å². The fourth-order valence-electron chi connectivity index (χ4n) is 1.01. The van der Waals surface area contributed by atoms with E-state index < -0.39 is 0 Å². The summed E-state index contributed by atoms with van der Waals surface area (Å²) in [4.78, 5) is 0.926.